The average molecular weight is 309 g/mol. The van der Waals surface area contributed by atoms with Crippen molar-refractivity contribution in [2.24, 2.45) is 0 Å². The average Bonchev–Trinajstić information content (AvgIpc) is 3.13. The lowest BCUT2D eigenvalue weighted by atomic mass is 10.0. The van der Waals surface area contributed by atoms with Crippen LogP contribution in [-0.2, 0) is 13.1 Å². The molecule has 0 atom stereocenters. The Morgan fingerprint density at radius 2 is 1.87 bits per heavy atom. The summed E-state index contributed by atoms with van der Waals surface area (Å²) in [6.45, 7) is 5.47. The monoisotopic (exact) mass is 309 g/mol. The zero-order valence-corrected chi connectivity index (χ0v) is 13.0. The van der Waals surface area contributed by atoms with E-state index in [2.05, 4.69) is 20.4 Å². The van der Waals surface area contributed by atoms with Crippen molar-refractivity contribution in [2.75, 3.05) is 0 Å². The first-order valence-corrected chi connectivity index (χ1v) is 7.51. The quantitative estimate of drug-likeness (QED) is 0.791. The Morgan fingerprint density at radius 3 is 2.65 bits per heavy atom. The predicted octanol–water partition coefficient (Wildman–Crippen LogP) is 2.69. The summed E-state index contributed by atoms with van der Waals surface area (Å²) in [4.78, 5) is 8.75. The summed E-state index contributed by atoms with van der Waals surface area (Å²) in [5.41, 5.74) is 5.96. The van der Waals surface area contributed by atoms with Crippen LogP contribution in [0.1, 0.15) is 22.6 Å². The second kappa shape index (κ2) is 5.24. The Balaban J connectivity index is 1.88. The van der Waals surface area contributed by atoms with Gasteiger partial charge in [-0.1, -0.05) is 12.1 Å². The first-order valence-electron chi connectivity index (χ1n) is 7.51. The molecule has 0 amide bonds. The maximum Gasteiger partial charge on any atom is 0.161 e. The van der Waals surface area contributed by atoms with Gasteiger partial charge in [-0.15, -0.1) is 0 Å². The van der Waals surface area contributed by atoms with Crippen LogP contribution in [0.2, 0.25) is 0 Å². The van der Waals surface area contributed by atoms with Gasteiger partial charge in [0.2, 0.25) is 0 Å². The molecule has 5 nitrogen and oxygen atoms in total. The molecule has 3 heterocycles. The van der Waals surface area contributed by atoms with E-state index in [1.165, 1.54) is 12.1 Å². The van der Waals surface area contributed by atoms with Crippen LogP contribution in [-0.4, -0.2) is 19.7 Å². The van der Waals surface area contributed by atoms with Gasteiger partial charge >= 0.3 is 0 Å². The maximum absolute atomic E-state index is 13.2. The van der Waals surface area contributed by atoms with E-state index in [4.69, 9.17) is 0 Å². The topological polar surface area (TPSA) is 55.6 Å². The van der Waals surface area contributed by atoms with E-state index < -0.39 is 0 Å². The molecule has 2 aromatic heterocycles. The molecule has 23 heavy (non-hydrogen) atoms. The number of benzene rings is 1. The first kappa shape index (κ1) is 14.0. The third-order valence-corrected chi connectivity index (χ3v) is 4.23. The Kier molecular flexibility index (Phi) is 3.20. The van der Waals surface area contributed by atoms with Gasteiger partial charge < -0.3 is 5.32 Å². The third kappa shape index (κ3) is 2.22. The van der Waals surface area contributed by atoms with E-state index in [0.717, 1.165) is 52.7 Å². The normalized spacial score (nSPS) is 13.3. The molecule has 0 aliphatic carbocycles. The van der Waals surface area contributed by atoms with Gasteiger partial charge in [-0.3, -0.25) is 0 Å². The van der Waals surface area contributed by atoms with Gasteiger partial charge in [0.05, 0.1) is 17.1 Å². The van der Waals surface area contributed by atoms with Gasteiger partial charge in [0.25, 0.3) is 0 Å². The minimum Gasteiger partial charge on any atom is -0.307 e. The lowest BCUT2D eigenvalue weighted by Gasteiger charge is -2.08. The molecular formula is C17H16FN5. The Hall–Kier alpha value is -2.60. The predicted molar refractivity (Wildman–Crippen MR) is 84.6 cm³/mol. The van der Waals surface area contributed by atoms with Crippen molar-refractivity contribution in [3.63, 3.8) is 0 Å². The Morgan fingerprint density at radius 1 is 1.09 bits per heavy atom. The molecule has 0 radical (unpaired) electrons. The van der Waals surface area contributed by atoms with Gasteiger partial charge in [-0.25, -0.2) is 19.0 Å². The molecule has 0 fully saturated rings. The molecule has 1 N–H and O–H groups in total. The maximum atomic E-state index is 13.2. The van der Waals surface area contributed by atoms with Crippen LogP contribution in [0, 0.1) is 19.7 Å². The SMILES string of the molecule is Cc1nn(-c2ncnc3c2CNC3)c(C)c1-c1ccc(F)cc1. The van der Waals surface area contributed by atoms with E-state index in [9.17, 15) is 4.39 Å². The zero-order chi connectivity index (χ0) is 16.0. The molecule has 116 valence electrons. The van der Waals surface area contributed by atoms with E-state index in [-0.39, 0.29) is 5.82 Å². The van der Waals surface area contributed by atoms with Crippen molar-refractivity contribution in [1.82, 2.24) is 25.1 Å². The number of hydrogen-bond acceptors (Lipinski definition) is 4. The van der Waals surface area contributed by atoms with Gasteiger partial charge in [-0.2, -0.15) is 5.10 Å². The highest BCUT2D eigenvalue weighted by Crippen LogP contribution is 2.30. The third-order valence-electron chi connectivity index (χ3n) is 4.23. The number of fused-ring (bicyclic) bond motifs is 1. The smallest absolute Gasteiger partial charge is 0.161 e. The highest BCUT2D eigenvalue weighted by Gasteiger charge is 2.22. The summed E-state index contributed by atoms with van der Waals surface area (Å²) in [5, 5.41) is 7.95. The summed E-state index contributed by atoms with van der Waals surface area (Å²) in [6.07, 6.45) is 1.58. The fourth-order valence-electron chi connectivity index (χ4n) is 3.14. The molecule has 4 rings (SSSR count). The zero-order valence-electron chi connectivity index (χ0n) is 13.0. The fourth-order valence-corrected chi connectivity index (χ4v) is 3.14. The van der Waals surface area contributed by atoms with E-state index in [0.29, 0.717) is 0 Å². The van der Waals surface area contributed by atoms with Crippen LogP contribution in [0.25, 0.3) is 16.9 Å². The lowest BCUT2D eigenvalue weighted by molar-refractivity contribution is 0.628. The number of rotatable bonds is 2. The number of hydrogen-bond donors (Lipinski definition) is 1. The molecule has 0 saturated carbocycles. The standard InChI is InChI=1S/C17H16FN5/c1-10-16(12-3-5-13(18)6-4-12)11(2)23(22-10)17-14-7-19-8-15(14)20-9-21-17/h3-6,9,19H,7-8H2,1-2H3. The Bertz CT molecular complexity index is 883. The van der Waals surface area contributed by atoms with Crippen molar-refractivity contribution in [2.45, 2.75) is 26.9 Å². The minimum atomic E-state index is -0.240. The number of halogens is 1. The van der Waals surface area contributed by atoms with Crippen LogP contribution < -0.4 is 5.32 Å². The first-order chi connectivity index (χ1) is 11.1. The second-order valence-electron chi connectivity index (χ2n) is 5.69. The second-order valence-corrected chi connectivity index (χ2v) is 5.69. The number of aryl methyl sites for hydroxylation is 1. The van der Waals surface area contributed by atoms with Crippen LogP contribution in [0.4, 0.5) is 4.39 Å². The largest absolute Gasteiger partial charge is 0.307 e. The van der Waals surface area contributed by atoms with Gasteiger partial charge in [0, 0.05) is 24.2 Å². The van der Waals surface area contributed by atoms with Gasteiger partial charge in [0.1, 0.15) is 12.1 Å². The summed E-state index contributed by atoms with van der Waals surface area (Å²) in [6, 6.07) is 6.50. The van der Waals surface area contributed by atoms with Crippen LogP contribution in [0.5, 0.6) is 0 Å². The number of aromatic nitrogens is 4. The molecule has 0 unspecified atom stereocenters. The Labute approximate surface area is 133 Å². The summed E-state index contributed by atoms with van der Waals surface area (Å²) in [5.74, 6) is 0.574. The highest BCUT2D eigenvalue weighted by molar-refractivity contribution is 5.69. The van der Waals surface area contributed by atoms with Crippen molar-refractivity contribution in [3.8, 4) is 16.9 Å². The van der Waals surface area contributed by atoms with Gasteiger partial charge in [0.15, 0.2) is 5.82 Å². The molecule has 1 aliphatic rings. The van der Waals surface area contributed by atoms with Crippen molar-refractivity contribution >= 4 is 0 Å². The fraction of sp³-hybridized carbons (Fsp3) is 0.235. The molecule has 0 spiro atoms. The van der Waals surface area contributed by atoms with Crippen molar-refractivity contribution < 1.29 is 4.39 Å². The minimum absolute atomic E-state index is 0.240. The molecule has 0 saturated heterocycles. The number of nitrogens with zero attached hydrogens (tertiary/aromatic N) is 4. The molecular weight excluding hydrogens is 293 g/mol. The van der Waals surface area contributed by atoms with Crippen molar-refractivity contribution in [1.29, 1.82) is 0 Å². The molecule has 6 heteroatoms. The molecule has 3 aromatic rings. The summed E-state index contributed by atoms with van der Waals surface area (Å²) < 4.78 is 15.0. The summed E-state index contributed by atoms with van der Waals surface area (Å²) in [7, 11) is 0. The highest BCUT2D eigenvalue weighted by atomic mass is 19.1. The van der Waals surface area contributed by atoms with Gasteiger partial charge in [-0.05, 0) is 31.5 Å². The van der Waals surface area contributed by atoms with Crippen LogP contribution in [0.3, 0.4) is 0 Å². The van der Waals surface area contributed by atoms with Crippen molar-refractivity contribution in [3.05, 3.63) is 59.1 Å². The van der Waals surface area contributed by atoms with Crippen LogP contribution in [0.15, 0.2) is 30.6 Å². The molecule has 1 aliphatic heterocycles. The lowest BCUT2D eigenvalue weighted by Crippen LogP contribution is -2.08. The molecule has 0 bridgehead atoms. The molecule has 1 aromatic carbocycles. The van der Waals surface area contributed by atoms with E-state index in [1.807, 2.05) is 18.5 Å². The summed E-state index contributed by atoms with van der Waals surface area (Å²) >= 11 is 0. The van der Waals surface area contributed by atoms with E-state index >= 15 is 0 Å². The van der Waals surface area contributed by atoms with Crippen LogP contribution >= 0.6 is 0 Å². The van der Waals surface area contributed by atoms with E-state index in [1.54, 1.807) is 18.5 Å². The number of nitrogens with one attached hydrogen (secondary N) is 1.